The molecule has 0 amide bonds. The van der Waals surface area contributed by atoms with Crippen molar-refractivity contribution in [3.05, 3.63) is 64.4 Å². The topological polar surface area (TPSA) is 116 Å². The van der Waals surface area contributed by atoms with Crippen LogP contribution in [0, 0.1) is 6.57 Å². The van der Waals surface area contributed by atoms with Gasteiger partial charge in [0.05, 0.1) is 23.0 Å². The van der Waals surface area contributed by atoms with E-state index in [1.807, 2.05) is 0 Å². The summed E-state index contributed by atoms with van der Waals surface area (Å²) in [7, 11) is -8.33. The highest BCUT2D eigenvalue weighted by Gasteiger charge is 2.55. The van der Waals surface area contributed by atoms with Crippen LogP contribution in [0.25, 0.3) is 4.85 Å². The Kier molecular flexibility index (Phi) is 5.88. The van der Waals surface area contributed by atoms with Gasteiger partial charge in [-0.05, 0) is 28.1 Å². The first kappa shape index (κ1) is 21.9. The molecule has 11 heteroatoms. The van der Waals surface area contributed by atoms with E-state index in [-0.39, 0.29) is 15.5 Å². The lowest BCUT2D eigenvalue weighted by Crippen LogP contribution is -2.49. The van der Waals surface area contributed by atoms with Crippen LogP contribution in [0.2, 0.25) is 0 Å². The average molecular weight is 501 g/mol. The fraction of sp³-hybridized carbons (Fsp3) is 0.278. The largest absolute Gasteiger partial charge is 0.393 e. The average Bonchev–Trinajstić information content (AvgIpc) is 3.08. The fourth-order valence-electron chi connectivity index (χ4n) is 3.22. The van der Waals surface area contributed by atoms with Crippen molar-refractivity contribution in [1.29, 1.82) is 0 Å². The van der Waals surface area contributed by atoms with Gasteiger partial charge in [-0.1, -0.05) is 36.4 Å². The summed E-state index contributed by atoms with van der Waals surface area (Å²) in [4.78, 5) is 2.96. The van der Waals surface area contributed by atoms with E-state index in [9.17, 15) is 27.0 Å². The van der Waals surface area contributed by atoms with E-state index in [0.717, 1.165) is 4.31 Å². The number of halogens is 1. The molecule has 2 aromatic rings. The smallest absolute Gasteiger partial charge is 0.244 e. The minimum atomic E-state index is -4.20. The van der Waals surface area contributed by atoms with Gasteiger partial charge in [-0.3, -0.25) is 0 Å². The van der Waals surface area contributed by atoms with Crippen LogP contribution < -0.4 is 0 Å². The molecule has 2 aromatic carbocycles. The number of benzene rings is 2. The van der Waals surface area contributed by atoms with Gasteiger partial charge in [-0.15, -0.1) is 0 Å². The van der Waals surface area contributed by atoms with Crippen LogP contribution >= 0.6 is 15.9 Å². The number of aliphatic hydroxyl groups excluding tert-OH is 1. The molecule has 0 aromatic heterocycles. The van der Waals surface area contributed by atoms with Crippen molar-refractivity contribution < 1.29 is 27.0 Å². The first-order chi connectivity index (χ1) is 13.6. The molecule has 0 radical (unpaired) electrons. The van der Waals surface area contributed by atoms with Gasteiger partial charge in [0.2, 0.25) is 10.0 Å². The number of hydrogen-bond acceptors (Lipinski definition) is 6. The molecule has 0 saturated carbocycles. The summed E-state index contributed by atoms with van der Waals surface area (Å²) in [6.07, 6.45) is 0. The Labute approximate surface area is 177 Å². The fourth-order valence-corrected chi connectivity index (χ4v) is 7.74. The van der Waals surface area contributed by atoms with Crippen molar-refractivity contribution in [3.8, 4) is 0 Å². The first-order valence-electron chi connectivity index (χ1n) is 8.35. The normalized spacial score (nSPS) is 23.0. The van der Waals surface area contributed by atoms with Crippen molar-refractivity contribution in [2.24, 2.45) is 0 Å². The maximum absolute atomic E-state index is 13.1. The van der Waals surface area contributed by atoms with Crippen LogP contribution in [0.15, 0.2) is 62.8 Å². The highest BCUT2D eigenvalue weighted by atomic mass is 79.9. The molecule has 29 heavy (non-hydrogen) atoms. The van der Waals surface area contributed by atoms with Gasteiger partial charge in [0.25, 0.3) is 0 Å². The van der Waals surface area contributed by atoms with E-state index in [1.165, 1.54) is 42.5 Å². The Morgan fingerprint density at radius 1 is 1.14 bits per heavy atom. The second kappa shape index (κ2) is 7.79. The molecule has 0 aliphatic carbocycles. The monoisotopic (exact) mass is 500 g/mol. The molecule has 154 valence electrons. The summed E-state index contributed by atoms with van der Waals surface area (Å²) < 4.78 is 53.4. The molecule has 1 fully saturated rings. The maximum Gasteiger partial charge on any atom is 0.244 e. The molecule has 8 nitrogen and oxygen atoms in total. The number of rotatable bonds is 5. The molecule has 3 rings (SSSR count). The Balaban J connectivity index is 2.02. The Morgan fingerprint density at radius 3 is 2.31 bits per heavy atom. The molecule has 2 N–H and O–H groups in total. The van der Waals surface area contributed by atoms with Crippen LogP contribution in [0.4, 0.5) is 5.69 Å². The Morgan fingerprint density at radius 2 is 1.76 bits per heavy atom. The van der Waals surface area contributed by atoms with Crippen molar-refractivity contribution in [3.63, 3.8) is 0 Å². The molecule has 0 spiro atoms. The Hall–Kier alpha value is -1.81. The van der Waals surface area contributed by atoms with E-state index < -0.39 is 50.4 Å². The summed E-state index contributed by atoms with van der Waals surface area (Å²) in [6.45, 7) is 4.93. The molecule has 0 bridgehead atoms. The van der Waals surface area contributed by atoms with Crippen molar-refractivity contribution in [2.45, 2.75) is 20.6 Å². The molecule has 2 atom stereocenters. The van der Waals surface area contributed by atoms with Gasteiger partial charge in [-0.2, -0.15) is 4.31 Å². The molecule has 0 unspecified atom stereocenters. The number of aliphatic hydroxyl groups is 2. The predicted molar refractivity (Wildman–Crippen MR) is 109 cm³/mol. The van der Waals surface area contributed by atoms with Crippen molar-refractivity contribution >= 4 is 41.5 Å². The third-order valence-corrected chi connectivity index (χ3v) is 9.91. The highest BCUT2D eigenvalue weighted by Crippen LogP contribution is 2.36. The molecular formula is C18H17BrN2O6S2. The lowest BCUT2D eigenvalue weighted by atomic mass is 10.1. The zero-order chi connectivity index (χ0) is 21.4. The number of sulfonamides is 1. The van der Waals surface area contributed by atoms with Gasteiger partial charge in [0.1, 0.15) is 10.9 Å². The van der Waals surface area contributed by atoms with Gasteiger partial charge >= 0.3 is 0 Å². The lowest BCUT2D eigenvalue weighted by Gasteiger charge is -2.26. The molecular weight excluding hydrogens is 484 g/mol. The predicted octanol–water partition coefficient (Wildman–Crippen LogP) is 1.57. The molecule has 1 heterocycles. The van der Waals surface area contributed by atoms with E-state index in [0.29, 0.717) is 4.47 Å². The van der Waals surface area contributed by atoms with E-state index in [1.54, 1.807) is 6.07 Å². The number of β-amino-alcohol motifs (C(OH)–C–C–N with tert-alkyl or cyclic N) is 1. The zero-order valence-corrected chi connectivity index (χ0v) is 18.2. The standard InChI is InChI=1S/C18H17BrN2O6S2/c1-20-13-6-8-14(9-7-13)28(24,25)17-10-21(11-18(17,23)12-22)29(26,27)16-5-3-2-4-15(16)19/h2-9,17,22-23H,10-12H2/t17-,18+/m0/s1. The third kappa shape index (κ3) is 3.84. The maximum atomic E-state index is 13.1. The molecule has 1 saturated heterocycles. The summed E-state index contributed by atoms with van der Waals surface area (Å²) in [5, 5.41) is 19.0. The summed E-state index contributed by atoms with van der Waals surface area (Å²) in [5.41, 5.74) is -1.93. The number of sulfone groups is 1. The summed E-state index contributed by atoms with van der Waals surface area (Å²) >= 11 is 3.17. The van der Waals surface area contributed by atoms with E-state index in [2.05, 4.69) is 20.8 Å². The van der Waals surface area contributed by atoms with Gasteiger partial charge in [0, 0.05) is 17.6 Å². The lowest BCUT2D eigenvalue weighted by molar-refractivity contribution is 0.00160. The zero-order valence-electron chi connectivity index (χ0n) is 14.9. The van der Waals surface area contributed by atoms with Gasteiger partial charge in [0.15, 0.2) is 15.5 Å². The van der Waals surface area contributed by atoms with Gasteiger partial charge < -0.3 is 10.2 Å². The van der Waals surface area contributed by atoms with Crippen LogP contribution in [0.1, 0.15) is 0 Å². The Bertz CT molecular complexity index is 1180. The van der Waals surface area contributed by atoms with Crippen LogP contribution in [-0.4, -0.2) is 61.9 Å². The minimum absolute atomic E-state index is 0.0697. The van der Waals surface area contributed by atoms with Crippen molar-refractivity contribution in [1.82, 2.24) is 4.31 Å². The second-order valence-corrected chi connectivity index (χ2v) is 11.5. The van der Waals surface area contributed by atoms with Crippen molar-refractivity contribution in [2.75, 3.05) is 19.7 Å². The van der Waals surface area contributed by atoms with Crippen LogP contribution in [0.3, 0.4) is 0 Å². The quantitative estimate of drug-likeness (QED) is 0.601. The first-order valence-corrected chi connectivity index (χ1v) is 12.1. The SMILES string of the molecule is [C-]#[N+]c1ccc(S(=O)(=O)[C@H]2CN(S(=O)(=O)c3ccccc3Br)C[C@@]2(O)CO)cc1. The number of nitrogens with zero attached hydrogens (tertiary/aromatic N) is 2. The van der Waals surface area contributed by atoms with Crippen LogP contribution in [-0.2, 0) is 19.9 Å². The summed E-state index contributed by atoms with van der Waals surface area (Å²) in [6, 6.07) is 11.2. The minimum Gasteiger partial charge on any atom is -0.393 e. The highest BCUT2D eigenvalue weighted by molar-refractivity contribution is 9.10. The molecule has 1 aliphatic heterocycles. The summed E-state index contributed by atoms with van der Waals surface area (Å²) in [5.74, 6) is 0. The second-order valence-electron chi connectivity index (χ2n) is 6.63. The third-order valence-electron chi connectivity index (χ3n) is 4.82. The van der Waals surface area contributed by atoms with E-state index >= 15 is 0 Å². The number of hydrogen-bond donors (Lipinski definition) is 2. The van der Waals surface area contributed by atoms with Gasteiger partial charge in [-0.25, -0.2) is 21.7 Å². The van der Waals surface area contributed by atoms with E-state index in [4.69, 9.17) is 6.57 Å². The molecule has 1 aliphatic rings. The van der Waals surface area contributed by atoms with Crippen LogP contribution in [0.5, 0.6) is 0 Å².